The summed E-state index contributed by atoms with van der Waals surface area (Å²) in [6.07, 6.45) is 1.94. The maximum atomic E-state index is 4.60. The molecule has 0 aliphatic rings. The van der Waals surface area contributed by atoms with Crippen molar-refractivity contribution in [3.05, 3.63) is 11.4 Å². The number of hydrogen-bond acceptors (Lipinski definition) is 5. The Balaban J connectivity index is 2.77. The molecule has 0 aromatic carbocycles. The van der Waals surface area contributed by atoms with Crippen molar-refractivity contribution in [1.29, 1.82) is 0 Å². The molecule has 5 nitrogen and oxygen atoms in total. The Morgan fingerprint density at radius 2 is 1.60 bits per heavy atom. The van der Waals surface area contributed by atoms with Crippen LogP contribution in [-0.4, -0.2) is 48.1 Å². The fourth-order valence-electron chi connectivity index (χ4n) is 1.83. The minimum Gasteiger partial charge on any atom is -0.370 e. The summed E-state index contributed by atoms with van der Waals surface area (Å²) in [5, 5.41) is 6.82. The number of aryl methyl sites for hydroxylation is 1. The smallest absolute Gasteiger partial charge is 0.134 e. The quantitative estimate of drug-likeness (QED) is 0.727. The summed E-state index contributed by atoms with van der Waals surface area (Å²) in [6, 6.07) is 0. The molecule has 0 aliphatic heterocycles. The lowest BCUT2D eigenvalue weighted by Gasteiger charge is -2.17. The fourth-order valence-corrected chi connectivity index (χ4v) is 1.83. The number of rotatable bonds is 9. The Labute approximate surface area is 123 Å². The van der Waals surface area contributed by atoms with Crippen LogP contribution in [0.25, 0.3) is 0 Å². The molecular formula is C15H29N5. The molecule has 0 amide bonds. The topological polar surface area (TPSA) is 53.1 Å². The van der Waals surface area contributed by atoms with Crippen LogP contribution in [0.2, 0.25) is 0 Å². The van der Waals surface area contributed by atoms with Crippen molar-refractivity contribution in [2.45, 2.75) is 40.5 Å². The molecule has 1 aromatic heterocycles. The summed E-state index contributed by atoms with van der Waals surface area (Å²) in [4.78, 5) is 11.5. The standard InChI is InChI=1S/C15H29N5/c1-6-9-16-14-12(4)15(19-13(7-2)18-14)17-10-11-20(5)8-3/h6-11H2,1-5H3,(H2,16,17,18,19). The van der Waals surface area contributed by atoms with Crippen LogP contribution in [0.3, 0.4) is 0 Å². The summed E-state index contributed by atoms with van der Waals surface area (Å²) < 4.78 is 0. The Hall–Kier alpha value is -1.36. The summed E-state index contributed by atoms with van der Waals surface area (Å²) in [7, 11) is 2.13. The van der Waals surface area contributed by atoms with Crippen molar-refractivity contribution in [2.24, 2.45) is 0 Å². The predicted octanol–water partition coefficient (Wildman–Crippen LogP) is 2.53. The minimum absolute atomic E-state index is 0.852. The third kappa shape index (κ3) is 4.96. The molecule has 0 radical (unpaired) electrons. The van der Waals surface area contributed by atoms with Crippen LogP contribution in [0.15, 0.2) is 0 Å². The van der Waals surface area contributed by atoms with E-state index in [1.165, 1.54) is 0 Å². The number of nitrogens with zero attached hydrogens (tertiary/aromatic N) is 3. The van der Waals surface area contributed by atoms with Gasteiger partial charge in [0.1, 0.15) is 17.5 Å². The van der Waals surface area contributed by atoms with Crippen molar-refractivity contribution in [1.82, 2.24) is 14.9 Å². The highest BCUT2D eigenvalue weighted by atomic mass is 15.1. The van der Waals surface area contributed by atoms with E-state index in [0.29, 0.717) is 0 Å². The second-order valence-corrected chi connectivity index (χ2v) is 5.07. The molecule has 1 aromatic rings. The molecule has 0 saturated carbocycles. The van der Waals surface area contributed by atoms with Crippen LogP contribution in [-0.2, 0) is 6.42 Å². The van der Waals surface area contributed by atoms with Crippen molar-refractivity contribution >= 4 is 11.6 Å². The van der Waals surface area contributed by atoms with Gasteiger partial charge in [0, 0.05) is 31.6 Å². The molecule has 1 rings (SSSR count). The van der Waals surface area contributed by atoms with Gasteiger partial charge in [0.05, 0.1) is 0 Å². The van der Waals surface area contributed by atoms with Gasteiger partial charge in [-0.3, -0.25) is 0 Å². The van der Waals surface area contributed by atoms with Crippen molar-refractivity contribution in [3.63, 3.8) is 0 Å². The molecule has 114 valence electrons. The van der Waals surface area contributed by atoms with Crippen molar-refractivity contribution in [3.8, 4) is 0 Å². The maximum absolute atomic E-state index is 4.60. The van der Waals surface area contributed by atoms with Crippen molar-refractivity contribution < 1.29 is 0 Å². The van der Waals surface area contributed by atoms with E-state index in [4.69, 9.17) is 0 Å². The van der Waals surface area contributed by atoms with E-state index in [0.717, 1.165) is 62.0 Å². The zero-order valence-corrected chi connectivity index (χ0v) is 13.6. The number of aromatic nitrogens is 2. The lowest BCUT2D eigenvalue weighted by atomic mass is 10.2. The van der Waals surface area contributed by atoms with Gasteiger partial charge < -0.3 is 15.5 Å². The molecule has 0 atom stereocenters. The Morgan fingerprint density at radius 3 is 2.10 bits per heavy atom. The van der Waals surface area contributed by atoms with E-state index in [1.807, 2.05) is 0 Å². The van der Waals surface area contributed by atoms with Gasteiger partial charge in [0.15, 0.2) is 0 Å². The third-order valence-electron chi connectivity index (χ3n) is 3.38. The zero-order chi connectivity index (χ0) is 15.0. The lowest BCUT2D eigenvalue weighted by molar-refractivity contribution is 0.367. The molecule has 0 spiro atoms. The highest BCUT2D eigenvalue weighted by molar-refractivity contribution is 5.57. The average Bonchev–Trinajstić information content (AvgIpc) is 2.47. The summed E-state index contributed by atoms with van der Waals surface area (Å²) >= 11 is 0. The van der Waals surface area contributed by atoms with Crippen LogP contribution in [0, 0.1) is 6.92 Å². The Bertz CT molecular complexity index is 405. The van der Waals surface area contributed by atoms with Gasteiger partial charge in [-0.2, -0.15) is 0 Å². The van der Waals surface area contributed by atoms with E-state index >= 15 is 0 Å². The highest BCUT2D eigenvalue weighted by Gasteiger charge is 2.09. The van der Waals surface area contributed by atoms with Crippen LogP contribution in [0.1, 0.15) is 38.6 Å². The second-order valence-electron chi connectivity index (χ2n) is 5.07. The van der Waals surface area contributed by atoms with Gasteiger partial charge in [0.2, 0.25) is 0 Å². The maximum Gasteiger partial charge on any atom is 0.134 e. The molecule has 1 heterocycles. The number of nitrogens with one attached hydrogen (secondary N) is 2. The Morgan fingerprint density at radius 1 is 1.00 bits per heavy atom. The van der Waals surface area contributed by atoms with Gasteiger partial charge >= 0.3 is 0 Å². The lowest BCUT2D eigenvalue weighted by Crippen LogP contribution is -2.25. The van der Waals surface area contributed by atoms with Gasteiger partial charge in [-0.15, -0.1) is 0 Å². The normalized spacial score (nSPS) is 10.9. The van der Waals surface area contributed by atoms with Crippen LogP contribution < -0.4 is 10.6 Å². The Kier molecular flexibility index (Phi) is 7.30. The monoisotopic (exact) mass is 279 g/mol. The predicted molar refractivity (Wildman–Crippen MR) is 86.6 cm³/mol. The summed E-state index contributed by atoms with van der Waals surface area (Å²) in [6.45, 7) is 12.4. The van der Waals surface area contributed by atoms with Gasteiger partial charge in [-0.1, -0.05) is 20.8 Å². The van der Waals surface area contributed by atoms with Crippen LogP contribution >= 0.6 is 0 Å². The number of likely N-dealkylation sites (N-methyl/N-ethyl adjacent to an activating group) is 1. The molecule has 20 heavy (non-hydrogen) atoms. The van der Waals surface area contributed by atoms with Gasteiger partial charge in [0.25, 0.3) is 0 Å². The molecule has 5 heteroatoms. The highest BCUT2D eigenvalue weighted by Crippen LogP contribution is 2.20. The first-order valence-corrected chi connectivity index (χ1v) is 7.66. The zero-order valence-electron chi connectivity index (χ0n) is 13.6. The van der Waals surface area contributed by atoms with Crippen molar-refractivity contribution in [2.75, 3.05) is 43.9 Å². The average molecular weight is 279 g/mol. The number of hydrogen-bond donors (Lipinski definition) is 2. The van der Waals surface area contributed by atoms with E-state index in [2.05, 4.69) is 60.2 Å². The molecule has 0 aliphatic carbocycles. The third-order valence-corrected chi connectivity index (χ3v) is 3.38. The van der Waals surface area contributed by atoms with Gasteiger partial charge in [-0.05, 0) is 26.9 Å². The fraction of sp³-hybridized carbons (Fsp3) is 0.733. The minimum atomic E-state index is 0.852. The van der Waals surface area contributed by atoms with E-state index in [-0.39, 0.29) is 0 Å². The molecule has 0 bridgehead atoms. The van der Waals surface area contributed by atoms with Crippen LogP contribution in [0.4, 0.5) is 11.6 Å². The molecule has 2 N–H and O–H groups in total. The second kappa shape index (κ2) is 8.74. The first kappa shape index (κ1) is 16.7. The molecule has 0 fully saturated rings. The van der Waals surface area contributed by atoms with Gasteiger partial charge in [-0.25, -0.2) is 9.97 Å². The molecule has 0 unspecified atom stereocenters. The number of anilines is 2. The SMILES string of the molecule is CCCNc1nc(CC)nc(NCCN(C)CC)c1C. The van der Waals surface area contributed by atoms with E-state index in [9.17, 15) is 0 Å². The first-order valence-electron chi connectivity index (χ1n) is 7.66. The summed E-state index contributed by atoms with van der Waals surface area (Å²) in [5.74, 6) is 2.81. The molecule has 0 saturated heterocycles. The van der Waals surface area contributed by atoms with E-state index < -0.39 is 0 Å². The van der Waals surface area contributed by atoms with Crippen LogP contribution in [0.5, 0.6) is 0 Å². The van der Waals surface area contributed by atoms with E-state index in [1.54, 1.807) is 0 Å². The largest absolute Gasteiger partial charge is 0.370 e. The summed E-state index contributed by atoms with van der Waals surface area (Å²) in [5.41, 5.74) is 1.11. The molecular weight excluding hydrogens is 250 g/mol. The first-order chi connectivity index (χ1) is 9.62.